The molecule has 6 heteroatoms. The number of H-pyrrole nitrogens is 1. The fraction of sp³-hybridized carbons (Fsp3) is 0.0769. The highest BCUT2D eigenvalue weighted by Crippen LogP contribution is 2.41. The average Bonchev–Trinajstić information content (AvgIpc) is 2.90. The first-order valence-electron chi connectivity index (χ1n) is 5.67. The largest absolute Gasteiger partial charge is 0.440 e. The number of rotatable bonds is 1. The second kappa shape index (κ2) is 4.07. The third-order valence-corrected chi connectivity index (χ3v) is 3.04. The molecule has 0 unspecified atom stereocenters. The summed E-state index contributed by atoms with van der Waals surface area (Å²) < 4.78 is 5.46. The lowest BCUT2D eigenvalue weighted by Crippen LogP contribution is -2.21. The number of ether oxygens (including phenoxy) is 1. The van der Waals surface area contributed by atoms with Crippen LogP contribution in [0.5, 0.6) is 5.75 Å². The molecule has 1 atom stereocenters. The van der Waals surface area contributed by atoms with E-state index in [2.05, 4.69) is 16.0 Å². The van der Waals surface area contributed by atoms with Crippen molar-refractivity contribution in [3.8, 4) is 11.8 Å². The van der Waals surface area contributed by atoms with Gasteiger partial charge < -0.3 is 21.2 Å². The number of allylic oxidation sites excluding steroid dienone is 1. The molecule has 2 aromatic rings. The molecule has 2 heterocycles. The molecule has 0 saturated carbocycles. The Balaban J connectivity index is 2.23. The number of aromatic amines is 1. The highest BCUT2D eigenvalue weighted by atomic mass is 16.5. The second-order valence-electron chi connectivity index (χ2n) is 4.20. The van der Waals surface area contributed by atoms with Crippen molar-refractivity contribution in [2.24, 2.45) is 5.73 Å². The van der Waals surface area contributed by atoms with Gasteiger partial charge in [0.05, 0.1) is 5.92 Å². The molecule has 0 fully saturated rings. The Hall–Kier alpha value is -2.94. The topological polar surface area (TPSA) is 114 Å². The van der Waals surface area contributed by atoms with Crippen molar-refractivity contribution in [1.82, 2.24) is 9.97 Å². The van der Waals surface area contributed by atoms with E-state index in [1.54, 1.807) is 24.5 Å². The molecule has 0 saturated heterocycles. The van der Waals surface area contributed by atoms with Crippen molar-refractivity contribution in [3.05, 3.63) is 53.4 Å². The van der Waals surface area contributed by atoms with Gasteiger partial charge in [-0.05, 0) is 6.07 Å². The van der Waals surface area contributed by atoms with Crippen LogP contribution in [0, 0.1) is 11.3 Å². The van der Waals surface area contributed by atoms with E-state index >= 15 is 0 Å². The number of nitriles is 1. The lowest BCUT2D eigenvalue weighted by atomic mass is 9.88. The van der Waals surface area contributed by atoms with E-state index in [4.69, 9.17) is 16.2 Å². The van der Waals surface area contributed by atoms with Gasteiger partial charge in [0.25, 0.3) is 0 Å². The quantitative estimate of drug-likeness (QED) is 0.661. The highest BCUT2D eigenvalue weighted by molar-refractivity contribution is 5.58. The van der Waals surface area contributed by atoms with Gasteiger partial charge >= 0.3 is 0 Å². The van der Waals surface area contributed by atoms with Crippen molar-refractivity contribution >= 4 is 5.69 Å². The van der Waals surface area contributed by atoms with Gasteiger partial charge in [-0.3, -0.25) is 0 Å². The Bertz CT molecular complexity index is 696. The molecule has 0 amide bonds. The smallest absolute Gasteiger partial charge is 0.205 e. The van der Waals surface area contributed by atoms with Crippen molar-refractivity contribution in [2.75, 3.05) is 5.73 Å². The number of nitrogens with zero attached hydrogens (tertiary/aromatic N) is 2. The van der Waals surface area contributed by atoms with Gasteiger partial charge in [-0.2, -0.15) is 5.26 Å². The van der Waals surface area contributed by atoms with E-state index in [1.165, 1.54) is 0 Å². The molecule has 6 nitrogen and oxygen atoms in total. The number of anilines is 1. The number of imidazole rings is 1. The number of aromatic nitrogens is 2. The van der Waals surface area contributed by atoms with Crippen LogP contribution in [0.4, 0.5) is 5.69 Å². The van der Waals surface area contributed by atoms with E-state index in [9.17, 15) is 5.26 Å². The third kappa shape index (κ3) is 1.68. The molecule has 94 valence electrons. The van der Waals surface area contributed by atoms with Crippen LogP contribution in [-0.4, -0.2) is 9.97 Å². The maximum Gasteiger partial charge on any atom is 0.205 e. The van der Waals surface area contributed by atoms with Gasteiger partial charge in [0.15, 0.2) is 0 Å². The van der Waals surface area contributed by atoms with E-state index in [0.717, 1.165) is 5.56 Å². The zero-order valence-electron chi connectivity index (χ0n) is 9.92. The summed E-state index contributed by atoms with van der Waals surface area (Å²) in [6, 6.07) is 7.35. The molecule has 5 N–H and O–H groups in total. The second-order valence-corrected chi connectivity index (χ2v) is 4.20. The van der Waals surface area contributed by atoms with Gasteiger partial charge in [0.1, 0.15) is 23.2 Å². The Morgan fingerprint density at radius 2 is 2.21 bits per heavy atom. The SMILES string of the molecule is N#CC1=C(N)Oc2cc(N)ccc2[C@H]1c1ncc[nH]1. The average molecular weight is 253 g/mol. The Morgan fingerprint density at radius 3 is 2.89 bits per heavy atom. The molecule has 0 spiro atoms. The molecule has 0 aliphatic carbocycles. The minimum absolute atomic E-state index is 0.0852. The molecule has 0 bridgehead atoms. The molecule has 19 heavy (non-hydrogen) atoms. The predicted molar refractivity (Wildman–Crippen MR) is 68.7 cm³/mol. The van der Waals surface area contributed by atoms with Crippen LogP contribution in [0.2, 0.25) is 0 Å². The number of nitrogen functional groups attached to an aromatic ring is 1. The van der Waals surface area contributed by atoms with Crippen LogP contribution in [0.1, 0.15) is 17.3 Å². The fourth-order valence-electron chi connectivity index (χ4n) is 2.19. The number of hydrogen-bond acceptors (Lipinski definition) is 5. The normalized spacial score (nSPS) is 17.5. The summed E-state index contributed by atoms with van der Waals surface area (Å²) in [5.74, 6) is 0.929. The summed E-state index contributed by atoms with van der Waals surface area (Å²) >= 11 is 0. The van der Waals surface area contributed by atoms with Crippen LogP contribution < -0.4 is 16.2 Å². The van der Waals surface area contributed by atoms with Gasteiger partial charge in [0.2, 0.25) is 5.88 Å². The van der Waals surface area contributed by atoms with Crippen molar-refractivity contribution in [2.45, 2.75) is 5.92 Å². The van der Waals surface area contributed by atoms with E-state index in [-0.39, 0.29) is 11.8 Å². The highest BCUT2D eigenvalue weighted by Gasteiger charge is 2.32. The Labute approximate surface area is 109 Å². The van der Waals surface area contributed by atoms with E-state index in [0.29, 0.717) is 22.8 Å². The van der Waals surface area contributed by atoms with Crippen LogP contribution in [0.3, 0.4) is 0 Å². The third-order valence-electron chi connectivity index (χ3n) is 3.04. The molecule has 1 aliphatic heterocycles. The molecular formula is C13H11N5O. The fourth-order valence-corrected chi connectivity index (χ4v) is 2.19. The van der Waals surface area contributed by atoms with E-state index in [1.807, 2.05) is 6.07 Å². The summed E-state index contributed by atoms with van der Waals surface area (Å²) in [7, 11) is 0. The Kier molecular flexibility index (Phi) is 2.39. The molecule has 1 aromatic heterocycles. The van der Waals surface area contributed by atoms with Gasteiger partial charge in [0, 0.05) is 29.7 Å². The first kappa shape index (κ1) is 11.2. The molecule has 1 aliphatic rings. The maximum absolute atomic E-state index is 9.28. The standard InChI is InChI=1S/C13H11N5O/c14-6-9-11(13-17-3-4-18-13)8-2-1-7(15)5-10(8)19-12(9)16/h1-5,11H,15-16H2,(H,17,18)/t11-/m1/s1. The maximum atomic E-state index is 9.28. The summed E-state index contributed by atoms with van der Waals surface area (Å²) in [4.78, 5) is 7.22. The van der Waals surface area contributed by atoms with E-state index < -0.39 is 0 Å². The Morgan fingerprint density at radius 1 is 1.37 bits per heavy atom. The predicted octanol–water partition coefficient (Wildman–Crippen LogP) is 1.21. The van der Waals surface area contributed by atoms with Crippen LogP contribution in [-0.2, 0) is 0 Å². The zero-order valence-corrected chi connectivity index (χ0v) is 9.92. The first-order chi connectivity index (χ1) is 9.20. The van der Waals surface area contributed by atoms with Crippen LogP contribution in [0.15, 0.2) is 42.0 Å². The van der Waals surface area contributed by atoms with Gasteiger partial charge in [-0.15, -0.1) is 0 Å². The summed E-state index contributed by atoms with van der Waals surface area (Å²) in [6.45, 7) is 0. The minimum atomic E-state index is -0.357. The van der Waals surface area contributed by atoms with Crippen molar-refractivity contribution in [1.29, 1.82) is 5.26 Å². The van der Waals surface area contributed by atoms with Gasteiger partial charge in [-0.25, -0.2) is 4.98 Å². The molecule has 0 radical (unpaired) electrons. The molecule has 3 rings (SSSR count). The first-order valence-corrected chi connectivity index (χ1v) is 5.67. The molecular weight excluding hydrogens is 242 g/mol. The zero-order chi connectivity index (χ0) is 13.4. The number of nitrogens with one attached hydrogen (secondary N) is 1. The van der Waals surface area contributed by atoms with Crippen molar-refractivity contribution < 1.29 is 4.74 Å². The lowest BCUT2D eigenvalue weighted by Gasteiger charge is -2.24. The summed E-state index contributed by atoms with van der Waals surface area (Å²) in [5.41, 5.74) is 13.3. The molecule has 1 aromatic carbocycles. The monoisotopic (exact) mass is 253 g/mol. The van der Waals surface area contributed by atoms with Gasteiger partial charge in [-0.1, -0.05) is 6.07 Å². The van der Waals surface area contributed by atoms with Crippen LogP contribution >= 0.6 is 0 Å². The minimum Gasteiger partial charge on any atom is -0.440 e. The summed E-state index contributed by atoms with van der Waals surface area (Å²) in [5, 5.41) is 9.28. The summed E-state index contributed by atoms with van der Waals surface area (Å²) in [6.07, 6.45) is 3.33. The number of fused-ring (bicyclic) bond motifs is 1. The number of benzene rings is 1. The lowest BCUT2D eigenvalue weighted by molar-refractivity contribution is 0.392. The van der Waals surface area contributed by atoms with Crippen LogP contribution in [0.25, 0.3) is 0 Å². The number of nitrogens with two attached hydrogens (primary N) is 2. The number of hydrogen-bond donors (Lipinski definition) is 3. The van der Waals surface area contributed by atoms with Crippen molar-refractivity contribution in [3.63, 3.8) is 0 Å².